The van der Waals surface area contributed by atoms with Crippen LogP contribution in [0.5, 0.6) is 11.5 Å². The Bertz CT molecular complexity index is 995. The number of hydrogen-bond acceptors (Lipinski definition) is 6. The van der Waals surface area contributed by atoms with Crippen LogP contribution in [0.25, 0.3) is 0 Å². The summed E-state index contributed by atoms with van der Waals surface area (Å²) < 4.78 is 50.8. The molecule has 184 valence electrons. The normalized spacial score (nSPS) is 21.1. The third-order valence-electron chi connectivity index (χ3n) is 6.27. The highest BCUT2D eigenvalue weighted by molar-refractivity contribution is 5.81. The number of amides is 1. The van der Waals surface area contributed by atoms with Gasteiger partial charge >= 0.3 is 6.18 Å². The summed E-state index contributed by atoms with van der Waals surface area (Å²) in [7, 11) is 0. The molecule has 7 nitrogen and oxygen atoms in total. The molecule has 0 spiro atoms. The van der Waals surface area contributed by atoms with Crippen molar-refractivity contribution in [1.29, 1.82) is 0 Å². The lowest BCUT2D eigenvalue weighted by Crippen LogP contribution is -2.50. The molecule has 2 heterocycles. The van der Waals surface area contributed by atoms with Crippen LogP contribution in [0.15, 0.2) is 48.5 Å². The van der Waals surface area contributed by atoms with Gasteiger partial charge in [-0.15, -0.1) is 0 Å². The van der Waals surface area contributed by atoms with Gasteiger partial charge in [-0.05, 0) is 42.7 Å². The Kier molecular flexibility index (Phi) is 7.30. The minimum Gasteiger partial charge on any atom is -0.486 e. The van der Waals surface area contributed by atoms with Gasteiger partial charge in [0, 0.05) is 25.7 Å². The number of piperidine rings is 1. The Hall–Kier alpha value is -2.82. The van der Waals surface area contributed by atoms with Gasteiger partial charge in [-0.1, -0.05) is 24.3 Å². The molecule has 0 aliphatic carbocycles. The number of nitrogens with zero attached hydrogens (tertiary/aromatic N) is 1. The number of alkyl halides is 3. The zero-order valence-corrected chi connectivity index (χ0v) is 18.5. The second-order valence-electron chi connectivity index (χ2n) is 8.63. The monoisotopic (exact) mass is 479 g/mol. The Morgan fingerprint density at radius 2 is 1.85 bits per heavy atom. The van der Waals surface area contributed by atoms with Crippen molar-refractivity contribution in [2.75, 3.05) is 26.2 Å². The largest absolute Gasteiger partial charge is 0.486 e. The van der Waals surface area contributed by atoms with Crippen molar-refractivity contribution in [2.45, 2.75) is 43.3 Å². The summed E-state index contributed by atoms with van der Waals surface area (Å²) in [5.41, 5.74) is 5.00. The fourth-order valence-electron chi connectivity index (χ4n) is 4.45. The maximum absolute atomic E-state index is 13.1. The molecule has 2 aliphatic heterocycles. The molecule has 1 saturated heterocycles. The SMILES string of the molecule is NC(=O)C(c1cccc(C(F)(F)F)c1)N1CCC(NCC(O)C2COc3ccccc3O2)CC1. The van der Waals surface area contributed by atoms with Gasteiger partial charge in [-0.3, -0.25) is 9.69 Å². The second-order valence-corrected chi connectivity index (χ2v) is 8.63. The molecule has 2 aliphatic rings. The first-order chi connectivity index (χ1) is 16.2. The minimum absolute atomic E-state index is 0.0812. The van der Waals surface area contributed by atoms with E-state index in [9.17, 15) is 23.1 Å². The molecule has 3 atom stereocenters. The maximum Gasteiger partial charge on any atom is 0.416 e. The summed E-state index contributed by atoms with van der Waals surface area (Å²) in [5, 5.41) is 13.9. The molecular weight excluding hydrogens is 451 g/mol. The number of ether oxygens (including phenoxy) is 2. The topological polar surface area (TPSA) is 97.1 Å². The number of halogens is 3. The quantitative estimate of drug-likeness (QED) is 0.565. The van der Waals surface area contributed by atoms with Crippen molar-refractivity contribution in [1.82, 2.24) is 10.2 Å². The Labute approximate surface area is 195 Å². The molecule has 1 amide bonds. The molecule has 0 saturated carbocycles. The molecule has 10 heteroatoms. The number of carbonyl (C=O) groups excluding carboxylic acids is 1. The predicted octanol–water partition coefficient (Wildman–Crippen LogP) is 2.49. The van der Waals surface area contributed by atoms with Crippen LogP contribution in [-0.4, -0.2) is 60.4 Å². The first kappa shape index (κ1) is 24.3. The van der Waals surface area contributed by atoms with Crippen LogP contribution < -0.4 is 20.5 Å². The van der Waals surface area contributed by atoms with E-state index in [1.165, 1.54) is 12.1 Å². The molecule has 34 heavy (non-hydrogen) atoms. The number of para-hydroxylation sites is 2. The van der Waals surface area contributed by atoms with E-state index in [0.717, 1.165) is 12.1 Å². The van der Waals surface area contributed by atoms with E-state index in [0.29, 0.717) is 44.0 Å². The van der Waals surface area contributed by atoms with E-state index >= 15 is 0 Å². The number of nitrogens with one attached hydrogen (secondary N) is 1. The van der Waals surface area contributed by atoms with Crippen LogP contribution in [0, 0.1) is 0 Å². The van der Waals surface area contributed by atoms with Crippen LogP contribution in [0.1, 0.15) is 30.0 Å². The molecule has 0 bridgehead atoms. The molecule has 2 aromatic carbocycles. The van der Waals surface area contributed by atoms with Crippen LogP contribution in [0.2, 0.25) is 0 Å². The number of hydrogen-bond donors (Lipinski definition) is 3. The predicted molar refractivity (Wildman–Crippen MR) is 118 cm³/mol. The zero-order valence-electron chi connectivity index (χ0n) is 18.5. The molecule has 1 fully saturated rings. The Morgan fingerprint density at radius 1 is 1.15 bits per heavy atom. The summed E-state index contributed by atoms with van der Waals surface area (Å²) in [6.45, 7) is 1.51. The number of rotatable bonds is 7. The first-order valence-corrected chi connectivity index (χ1v) is 11.2. The van der Waals surface area contributed by atoms with Crippen molar-refractivity contribution in [2.24, 2.45) is 5.73 Å². The third kappa shape index (κ3) is 5.63. The third-order valence-corrected chi connectivity index (χ3v) is 6.27. The van der Waals surface area contributed by atoms with Crippen molar-refractivity contribution in [3.8, 4) is 11.5 Å². The van der Waals surface area contributed by atoms with Gasteiger partial charge in [0.25, 0.3) is 0 Å². The van der Waals surface area contributed by atoms with Gasteiger partial charge in [0.1, 0.15) is 18.8 Å². The van der Waals surface area contributed by atoms with E-state index in [1.54, 1.807) is 11.0 Å². The van der Waals surface area contributed by atoms with Gasteiger partial charge in [0.05, 0.1) is 5.56 Å². The lowest BCUT2D eigenvalue weighted by Gasteiger charge is -2.37. The average Bonchev–Trinajstić information content (AvgIpc) is 2.82. The molecule has 2 aromatic rings. The summed E-state index contributed by atoms with van der Waals surface area (Å²) in [6.07, 6.45) is -4.47. The summed E-state index contributed by atoms with van der Waals surface area (Å²) in [4.78, 5) is 14.0. The standard InChI is InChI=1S/C24H28F3N3O4/c25-24(26,27)16-5-3-4-15(12-16)22(23(28)32)30-10-8-17(9-11-30)29-13-18(31)21-14-33-19-6-1-2-7-20(19)34-21/h1-7,12,17-18,21-22,29,31H,8-11,13-14H2,(H2,28,32). The number of likely N-dealkylation sites (tertiary alicyclic amines) is 1. The molecule has 4 rings (SSSR count). The highest BCUT2D eigenvalue weighted by atomic mass is 19.4. The van der Waals surface area contributed by atoms with Crippen LogP contribution in [0.4, 0.5) is 13.2 Å². The van der Waals surface area contributed by atoms with Crippen molar-refractivity contribution in [3.63, 3.8) is 0 Å². The van der Waals surface area contributed by atoms with Gasteiger partial charge in [-0.2, -0.15) is 13.2 Å². The summed E-state index contributed by atoms with van der Waals surface area (Å²) >= 11 is 0. The Morgan fingerprint density at radius 3 is 2.53 bits per heavy atom. The lowest BCUT2D eigenvalue weighted by molar-refractivity contribution is -0.138. The number of fused-ring (bicyclic) bond motifs is 1. The summed E-state index contributed by atoms with van der Waals surface area (Å²) in [6, 6.07) is 11.2. The highest BCUT2D eigenvalue weighted by Crippen LogP contribution is 2.33. The second kappa shape index (κ2) is 10.2. The molecule has 4 N–H and O–H groups in total. The number of primary amides is 1. The van der Waals surface area contributed by atoms with E-state index < -0.39 is 35.9 Å². The maximum atomic E-state index is 13.1. The van der Waals surface area contributed by atoms with Gasteiger partial charge in [-0.25, -0.2) is 0 Å². The highest BCUT2D eigenvalue weighted by Gasteiger charge is 2.34. The van der Waals surface area contributed by atoms with E-state index in [4.69, 9.17) is 15.2 Å². The summed E-state index contributed by atoms with van der Waals surface area (Å²) in [5.74, 6) is 0.560. The minimum atomic E-state index is -4.49. The molecule has 0 aromatic heterocycles. The Balaban J connectivity index is 1.30. The number of carbonyl (C=O) groups is 1. The molecular formula is C24H28F3N3O4. The van der Waals surface area contributed by atoms with Crippen molar-refractivity contribution < 1.29 is 32.5 Å². The van der Waals surface area contributed by atoms with E-state index in [2.05, 4.69) is 5.32 Å². The van der Waals surface area contributed by atoms with E-state index in [-0.39, 0.29) is 18.2 Å². The average molecular weight is 479 g/mol. The smallest absolute Gasteiger partial charge is 0.416 e. The van der Waals surface area contributed by atoms with Gasteiger partial charge in [0.2, 0.25) is 5.91 Å². The van der Waals surface area contributed by atoms with Crippen LogP contribution in [0.3, 0.4) is 0 Å². The fourth-order valence-corrected chi connectivity index (χ4v) is 4.45. The number of nitrogens with two attached hydrogens (primary N) is 1. The first-order valence-electron chi connectivity index (χ1n) is 11.2. The van der Waals surface area contributed by atoms with E-state index in [1.807, 2.05) is 18.2 Å². The van der Waals surface area contributed by atoms with Crippen molar-refractivity contribution >= 4 is 5.91 Å². The van der Waals surface area contributed by atoms with Gasteiger partial charge < -0.3 is 25.6 Å². The van der Waals surface area contributed by atoms with Crippen LogP contribution in [-0.2, 0) is 11.0 Å². The molecule has 0 radical (unpaired) electrons. The van der Waals surface area contributed by atoms with Crippen LogP contribution >= 0.6 is 0 Å². The van der Waals surface area contributed by atoms with Crippen molar-refractivity contribution in [3.05, 3.63) is 59.7 Å². The lowest BCUT2D eigenvalue weighted by atomic mass is 9.97. The molecule has 3 unspecified atom stereocenters. The number of benzene rings is 2. The van der Waals surface area contributed by atoms with Gasteiger partial charge in [0.15, 0.2) is 17.6 Å². The fraction of sp³-hybridized carbons (Fsp3) is 0.458. The number of aliphatic hydroxyl groups is 1. The zero-order chi connectivity index (χ0) is 24.3. The number of aliphatic hydroxyl groups excluding tert-OH is 1.